The van der Waals surface area contributed by atoms with Gasteiger partial charge in [-0.05, 0) is 32.4 Å². The summed E-state index contributed by atoms with van der Waals surface area (Å²) < 4.78 is 29.5. The quantitative estimate of drug-likeness (QED) is 0.762. The van der Waals surface area contributed by atoms with Crippen LogP contribution >= 0.6 is 11.8 Å². The summed E-state index contributed by atoms with van der Waals surface area (Å²) in [6, 6.07) is 3.61. The summed E-state index contributed by atoms with van der Waals surface area (Å²) in [5.41, 5.74) is 0.0689. The number of alkyl halides is 2. The predicted octanol–water partition coefficient (Wildman–Crippen LogP) is 4.40. The second kappa shape index (κ2) is 7.14. The fraction of sp³-hybridized carbons (Fsp3) is 0.692. The van der Waals surface area contributed by atoms with Crippen molar-refractivity contribution in [2.24, 2.45) is 0 Å². The normalized spacial score (nSPS) is 12.3. The van der Waals surface area contributed by atoms with E-state index in [4.69, 9.17) is 4.42 Å². The zero-order valence-electron chi connectivity index (χ0n) is 11.1. The lowest BCUT2D eigenvalue weighted by atomic mass is 9.99. The lowest BCUT2D eigenvalue weighted by molar-refractivity contribution is 0.251. The molecule has 1 aromatic rings. The minimum atomic E-state index is -2.35. The molecule has 5 heteroatoms. The smallest absolute Gasteiger partial charge is 0.284 e. The van der Waals surface area contributed by atoms with E-state index in [1.165, 1.54) is 0 Å². The fourth-order valence-electron chi connectivity index (χ4n) is 1.78. The van der Waals surface area contributed by atoms with E-state index in [2.05, 4.69) is 26.1 Å². The number of rotatable bonds is 8. The van der Waals surface area contributed by atoms with Crippen molar-refractivity contribution in [1.29, 1.82) is 0 Å². The van der Waals surface area contributed by atoms with Crippen LogP contribution in [0.25, 0.3) is 0 Å². The van der Waals surface area contributed by atoms with Crippen LogP contribution in [-0.2, 0) is 12.3 Å². The van der Waals surface area contributed by atoms with Gasteiger partial charge >= 0.3 is 0 Å². The number of furan rings is 1. The maximum atomic E-state index is 12.0. The van der Waals surface area contributed by atoms with Crippen molar-refractivity contribution in [1.82, 2.24) is 5.32 Å². The maximum Gasteiger partial charge on any atom is 0.284 e. The van der Waals surface area contributed by atoms with Crippen molar-refractivity contribution in [3.05, 3.63) is 23.7 Å². The molecule has 104 valence electrons. The first-order chi connectivity index (χ1) is 8.43. The van der Waals surface area contributed by atoms with Gasteiger partial charge in [-0.25, -0.2) is 0 Å². The Morgan fingerprint density at radius 2 is 2.00 bits per heavy atom. The predicted molar refractivity (Wildman–Crippen MR) is 71.8 cm³/mol. The summed E-state index contributed by atoms with van der Waals surface area (Å²) in [6.45, 7) is 7.07. The van der Waals surface area contributed by atoms with Crippen molar-refractivity contribution >= 4 is 11.8 Å². The first-order valence-electron chi connectivity index (χ1n) is 6.15. The van der Waals surface area contributed by atoms with Crippen LogP contribution in [0.3, 0.4) is 0 Å². The van der Waals surface area contributed by atoms with E-state index in [0.717, 1.165) is 18.6 Å². The molecule has 0 unspecified atom stereocenters. The Hall–Kier alpha value is -0.550. The molecule has 18 heavy (non-hydrogen) atoms. The third kappa shape index (κ3) is 5.87. The van der Waals surface area contributed by atoms with Gasteiger partial charge in [0, 0.05) is 5.54 Å². The van der Waals surface area contributed by atoms with Crippen LogP contribution in [0.1, 0.15) is 45.1 Å². The molecule has 0 saturated carbocycles. The molecule has 0 fully saturated rings. The second-order valence-corrected chi connectivity index (χ2v) is 5.91. The van der Waals surface area contributed by atoms with E-state index in [9.17, 15) is 8.78 Å². The minimum absolute atomic E-state index is 0.0689. The number of nitrogens with one attached hydrogen (secondary N) is 1. The van der Waals surface area contributed by atoms with Gasteiger partial charge in [0.25, 0.3) is 5.76 Å². The summed E-state index contributed by atoms with van der Waals surface area (Å²) in [5.74, 6) is -0.731. The Labute approximate surface area is 112 Å². The van der Waals surface area contributed by atoms with E-state index in [1.807, 2.05) is 6.07 Å². The minimum Gasteiger partial charge on any atom is -0.464 e. The summed E-state index contributed by atoms with van der Waals surface area (Å²) in [5, 5.41) is 3.41. The lowest BCUT2D eigenvalue weighted by Gasteiger charge is -2.25. The lowest BCUT2D eigenvalue weighted by Crippen LogP contribution is -2.38. The second-order valence-electron chi connectivity index (χ2n) is 4.93. The third-order valence-corrected chi connectivity index (χ3v) is 3.39. The van der Waals surface area contributed by atoms with Crippen molar-refractivity contribution < 1.29 is 13.2 Å². The van der Waals surface area contributed by atoms with E-state index in [1.54, 1.807) is 6.07 Å². The number of halogens is 2. The van der Waals surface area contributed by atoms with E-state index in [-0.39, 0.29) is 11.3 Å². The van der Waals surface area contributed by atoms with Crippen LogP contribution in [0.5, 0.6) is 0 Å². The van der Waals surface area contributed by atoms with Crippen molar-refractivity contribution in [3.63, 3.8) is 0 Å². The van der Waals surface area contributed by atoms with Crippen molar-refractivity contribution in [3.8, 4) is 0 Å². The Balaban J connectivity index is 2.39. The van der Waals surface area contributed by atoms with E-state index >= 15 is 0 Å². The monoisotopic (exact) mass is 277 g/mol. The van der Waals surface area contributed by atoms with Gasteiger partial charge in [0.15, 0.2) is 0 Å². The van der Waals surface area contributed by atoms with Crippen LogP contribution in [0.4, 0.5) is 8.78 Å². The average molecular weight is 277 g/mol. The van der Waals surface area contributed by atoms with Gasteiger partial charge in [-0.3, -0.25) is 0 Å². The Bertz CT molecular complexity index is 353. The molecule has 0 aliphatic carbocycles. The molecule has 0 amide bonds. The third-order valence-electron chi connectivity index (χ3n) is 2.69. The summed E-state index contributed by atoms with van der Waals surface area (Å²) >= 11 is 0.582. The molecule has 2 nitrogen and oxygen atoms in total. The number of thioether (sulfide) groups is 1. The summed E-state index contributed by atoms with van der Waals surface area (Å²) in [7, 11) is 0. The van der Waals surface area contributed by atoms with Crippen molar-refractivity contribution in [2.75, 3.05) is 0 Å². The highest BCUT2D eigenvalue weighted by molar-refractivity contribution is 7.98. The molecule has 1 aromatic heterocycles. The van der Waals surface area contributed by atoms with Crippen molar-refractivity contribution in [2.45, 2.75) is 57.2 Å². The maximum absolute atomic E-state index is 12.0. The summed E-state index contributed by atoms with van der Waals surface area (Å²) in [4.78, 5) is 0. The van der Waals surface area contributed by atoms with Gasteiger partial charge in [0.1, 0.15) is 11.5 Å². The SMILES string of the molecule is CCCC(C)(C)NCc1ccc(CSC(F)F)o1. The van der Waals surface area contributed by atoms with Crippen LogP contribution in [0.2, 0.25) is 0 Å². The van der Waals surface area contributed by atoms with E-state index in [0.29, 0.717) is 24.1 Å². The molecule has 0 aromatic carbocycles. The summed E-state index contributed by atoms with van der Waals surface area (Å²) in [6.07, 6.45) is 2.20. The van der Waals surface area contributed by atoms with Gasteiger partial charge < -0.3 is 9.73 Å². The Morgan fingerprint density at radius 1 is 1.33 bits per heavy atom. The molecule has 0 spiro atoms. The molecule has 0 radical (unpaired) electrons. The molecular weight excluding hydrogens is 256 g/mol. The van der Waals surface area contributed by atoms with Gasteiger partial charge in [0.05, 0.1) is 12.3 Å². The highest BCUT2D eigenvalue weighted by Crippen LogP contribution is 2.21. The van der Waals surface area contributed by atoms with Gasteiger partial charge in [-0.15, -0.1) is 0 Å². The number of hydrogen-bond acceptors (Lipinski definition) is 3. The van der Waals surface area contributed by atoms with Gasteiger partial charge in [0.2, 0.25) is 0 Å². The first kappa shape index (κ1) is 15.5. The van der Waals surface area contributed by atoms with E-state index < -0.39 is 5.76 Å². The largest absolute Gasteiger partial charge is 0.464 e. The highest BCUT2D eigenvalue weighted by Gasteiger charge is 2.16. The first-order valence-corrected chi connectivity index (χ1v) is 7.20. The van der Waals surface area contributed by atoms with Gasteiger partial charge in [-0.1, -0.05) is 25.1 Å². The van der Waals surface area contributed by atoms with Crippen LogP contribution in [0.15, 0.2) is 16.5 Å². The van der Waals surface area contributed by atoms with Crippen LogP contribution in [-0.4, -0.2) is 11.3 Å². The molecule has 1 rings (SSSR count). The van der Waals surface area contributed by atoms with Crippen LogP contribution < -0.4 is 5.32 Å². The zero-order chi connectivity index (χ0) is 13.6. The Morgan fingerprint density at radius 3 is 2.61 bits per heavy atom. The van der Waals surface area contributed by atoms with Gasteiger partial charge in [-0.2, -0.15) is 8.78 Å². The molecule has 0 aliphatic heterocycles. The molecule has 0 atom stereocenters. The molecular formula is C13H21F2NOS. The molecule has 0 bridgehead atoms. The van der Waals surface area contributed by atoms with Crippen LogP contribution in [0, 0.1) is 0 Å². The zero-order valence-corrected chi connectivity index (χ0v) is 11.9. The fourth-order valence-corrected chi connectivity index (χ4v) is 2.23. The highest BCUT2D eigenvalue weighted by atomic mass is 32.2. The Kier molecular flexibility index (Phi) is 6.15. The molecule has 1 N–H and O–H groups in total. The standard InChI is InChI=1S/C13H21F2NOS/c1-4-7-13(2,3)16-8-10-5-6-11(17-10)9-18-12(14)15/h5-6,12,16H,4,7-9H2,1-3H3. The topological polar surface area (TPSA) is 25.2 Å². The molecule has 0 aliphatic rings. The molecule has 0 saturated heterocycles. The molecule has 1 heterocycles. The average Bonchev–Trinajstić information content (AvgIpc) is 2.72. The number of hydrogen-bond donors (Lipinski definition) is 1.